The van der Waals surface area contributed by atoms with Gasteiger partial charge in [-0.05, 0) is 17.9 Å². The summed E-state index contributed by atoms with van der Waals surface area (Å²) in [5.41, 5.74) is 0.360. The Morgan fingerprint density at radius 2 is 2.37 bits per heavy atom. The summed E-state index contributed by atoms with van der Waals surface area (Å²) in [6.07, 6.45) is 3.56. The monoisotopic (exact) mass is 297 g/mol. The minimum atomic E-state index is -0.230. The van der Waals surface area contributed by atoms with Gasteiger partial charge in [-0.25, -0.2) is 4.68 Å². The molecule has 6 heteroatoms. The van der Waals surface area contributed by atoms with E-state index in [1.807, 2.05) is 17.5 Å². The Labute approximate surface area is 121 Å². The summed E-state index contributed by atoms with van der Waals surface area (Å²) in [7, 11) is 0. The maximum atomic E-state index is 12.0. The van der Waals surface area contributed by atoms with Crippen LogP contribution in [-0.4, -0.2) is 9.78 Å². The highest BCUT2D eigenvalue weighted by molar-refractivity contribution is 7.09. The van der Waals surface area contributed by atoms with Gasteiger partial charge in [-0.2, -0.15) is 5.10 Å². The van der Waals surface area contributed by atoms with Gasteiger partial charge in [0.2, 0.25) is 0 Å². The molecule has 1 N–H and O–H groups in total. The molecule has 19 heavy (non-hydrogen) atoms. The van der Waals surface area contributed by atoms with Crippen LogP contribution in [0.2, 0.25) is 5.02 Å². The Hall–Kier alpha value is -1.33. The molecular formula is C13H16ClN3OS. The lowest BCUT2D eigenvalue weighted by Gasteiger charge is -2.09. The van der Waals surface area contributed by atoms with E-state index in [1.165, 1.54) is 9.56 Å². The van der Waals surface area contributed by atoms with Crippen molar-refractivity contribution in [1.29, 1.82) is 0 Å². The normalized spacial score (nSPS) is 10.6. The fourth-order valence-electron chi connectivity index (χ4n) is 1.65. The van der Waals surface area contributed by atoms with Crippen LogP contribution in [0.4, 0.5) is 5.69 Å². The SMILES string of the molecule is CCCCn1ncc(NCc2cccs2)c(Cl)c1=O. The summed E-state index contributed by atoms with van der Waals surface area (Å²) in [6, 6.07) is 4.02. The number of halogens is 1. The van der Waals surface area contributed by atoms with Crippen molar-refractivity contribution in [3.05, 3.63) is 44.0 Å². The molecule has 0 unspecified atom stereocenters. The summed E-state index contributed by atoms with van der Waals surface area (Å²) in [5, 5.41) is 9.50. The van der Waals surface area contributed by atoms with E-state index in [4.69, 9.17) is 11.6 Å². The number of unbranched alkanes of at least 4 members (excludes halogenated alkanes) is 1. The first-order valence-electron chi connectivity index (χ1n) is 6.24. The largest absolute Gasteiger partial charge is 0.377 e. The first kappa shape index (κ1) is 14.1. The van der Waals surface area contributed by atoms with E-state index in [-0.39, 0.29) is 10.6 Å². The number of hydrogen-bond acceptors (Lipinski definition) is 4. The second-order valence-electron chi connectivity index (χ2n) is 4.19. The van der Waals surface area contributed by atoms with Gasteiger partial charge in [0.15, 0.2) is 0 Å². The molecule has 0 saturated heterocycles. The average molecular weight is 298 g/mol. The van der Waals surface area contributed by atoms with Crippen molar-refractivity contribution in [3.8, 4) is 0 Å². The van der Waals surface area contributed by atoms with Crippen molar-refractivity contribution in [2.45, 2.75) is 32.9 Å². The van der Waals surface area contributed by atoms with Crippen LogP contribution in [0.25, 0.3) is 0 Å². The minimum absolute atomic E-state index is 0.211. The summed E-state index contributed by atoms with van der Waals surface area (Å²) >= 11 is 7.74. The molecule has 102 valence electrons. The number of hydrogen-bond donors (Lipinski definition) is 1. The van der Waals surface area contributed by atoms with E-state index < -0.39 is 0 Å². The van der Waals surface area contributed by atoms with E-state index in [0.717, 1.165) is 12.8 Å². The van der Waals surface area contributed by atoms with Crippen molar-refractivity contribution >= 4 is 28.6 Å². The molecule has 2 rings (SSSR count). The van der Waals surface area contributed by atoms with E-state index in [1.54, 1.807) is 17.5 Å². The van der Waals surface area contributed by atoms with E-state index in [9.17, 15) is 4.79 Å². The number of thiophene rings is 1. The molecular weight excluding hydrogens is 282 g/mol. The second kappa shape index (κ2) is 6.73. The van der Waals surface area contributed by atoms with Crippen LogP contribution < -0.4 is 10.9 Å². The number of aryl methyl sites for hydroxylation is 1. The summed E-state index contributed by atoms with van der Waals surface area (Å²) in [4.78, 5) is 13.2. The van der Waals surface area contributed by atoms with Crippen LogP contribution in [0.1, 0.15) is 24.6 Å². The van der Waals surface area contributed by atoms with Crippen molar-refractivity contribution < 1.29 is 0 Å². The van der Waals surface area contributed by atoms with Crippen LogP contribution in [-0.2, 0) is 13.1 Å². The van der Waals surface area contributed by atoms with Crippen LogP contribution >= 0.6 is 22.9 Å². The highest BCUT2D eigenvalue weighted by Crippen LogP contribution is 2.18. The molecule has 0 aliphatic carbocycles. The Balaban J connectivity index is 2.09. The Morgan fingerprint density at radius 3 is 3.05 bits per heavy atom. The van der Waals surface area contributed by atoms with Gasteiger partial charge in [-0.15, -0.1) is 11.3 Å². The number of nitrogens with one attached hydrogen (secondary N) is 1. The van der Waals surface area contributed by atoms with E-state index >= 15 is 0 Å². The first-order chi connectivity index (χ1) is 9.22. The lowest BCUT2D eigenvalue weighted by atomic mass is 10.3. The summed E-state index contributed by atoms with van der Waals surface area (Å²) in [6.45, 7) is 3.33. The molecule has 0 radical (unpaired) electrons. The Morgan fingerprint density at radius 1 is 1.53 bits per heavy atom. The van der Waals surface area contributed by atoms with E-state index in [2.05, 4.69) is 17.3 Å². The maximum Gasteiger partial charge on any atom is 0.287 e. The zero-order valence-corrected chi connectivity index (χ0v) is 12.3. The molecule has 4 nitrogen and oxygen atoms in total. The zero-order valence-electron chi connectivity index (χ0n) is 10.7. The highest BCUT2D eigenvalue weighted by atomic mass is 35.5. The van der Waals surface area contributed by atoms with Gasteiger partial charge >= 0.3 is 0 Å². The maximum absolute atomic E-state index is 12.0. The molecule has 0 aromatic carbocycles. The number of nitrogens with zero attached hydrogens (tertiary/aromatic N) is 2. The second-order valence-corrected chi connectivity index (χ2v) is 5.60. The molecule has 0 saturated carbocycles. The Kier molecular flexibility index (Phi) is 4.99. The number of rotatable bonds is 6. The van der Waals surface area contributed by atoms with Crippen molar-refractivity contribution in [2.75, 3.05) is 5.32 Å². The van der Waals surface area contributed by atoms with Crippen molar-refractivity contribution in [1.82, 2.24) is 9.78 Å². The molecule has 0 amide bonds. The van der Waals surface area contributed by atoms with Gasteiger partial charge in [-0.3, -0.25) is 4.79 Å². The summed E-state index contributed by atoms with van der Waals surface area (Å²) in [5.74, 6) is 0. The van der Waals surface area contributed by atoms with Crippen molar-refractivity contribution in [2.24, 2.45) is 0 Å². The highest BCUT2D eigenvalue weighted by Gasteiger charge is 2.08. The minimum Gasteiger partial charge on any atom is -0.377 e. The van der Waals surface area contributed by atoms with Gasteiger partial charge in [0.25, 0.3) is 5.56 Å². The van der Waals surface area contributed by atoms with Gasteiger partial charge in [0, 0.05) is 18.0 Å². The van der Waals surface area contributed by atoms with Gasteiger partial charge in [0.1, 0.15) is 5.02 Å². The predicted molar refractivity (Wildman–Crippen MR) is 80.1 cm³/mol. The Bertz CT molecular complexity index is 580. The number of aromatic nitrogens is 2. The predicted octanol–water partition coefficient (Wildman–Crippen LogP) is 3.37. The van der Waals surface area contributed by atoms with Crippen LogP contribution in [0.3, 0.4) is 0 Å². The molecule has 0 spiro atoms. The molecule has 2 heterocycles. The summed E-state index contributed by atoms with van der Waals surface area (Å²) < 4.78 is 1.42. The fourth-order valence-corrected chi connectivity index (χ4v) is 2.51. The standard InChI is InChI=1S/C13H16ClN3OS/c1-2-3-6-17-13(18)12(14)11(9-16-17)15-8-10-5-4-7-19-10/h4-5,7,9,15H,2-3,6,8H2,1H3. The van der Waals surface area contributed by atoms with Gasteiger partial charge < -0.3 is 5.32 Å². The fraction of sp³-hybridized carbons (Fsp3) is 0.385. The third kappa shape index (κ3) is 3.58. The van der Waals surface area contributed by atoms with Crippen molar-refractivity contribution in [3.63, 3.8) is 0 Å². The molecule has 0 aliphatic heterocycles. The van der Waals surface area contributed by atoms with Crippen LogP contribution in [0.5, 0.6) is 0 Å². The third-order valence-corrected chi connectivity index (χ3v) is 3.98. The smallest absolute Gasteiger partial charge is 0.287 e. The zero-order chi connectivity index (χ0) is 13.7. The van der Waals surface area contributed by atoms with Crippen LogP contribution in [0, 0.1) is 0 Å². The van der Waals surface area contributed by atoms with Gasteiger partial charge in [-0.1, -0.05) is 31.0 Å². The quantitative estimate of drug-likeness (QED) is 0.889. The average Bonchev–Trinajstić information content (AvgIpc) is 2.92. The molecule has 0 bridgehead atoms. The topological polar surface area (TPSA) is 46.9 Å². The van der Waals surface area contributed by atoms with E-state index in [0.29, 0.717) is 18.8 Å². The van der Waals surface area contributed by atoms with Gasteiger partial charge in [0.05, 0.1) is 11.9 Å². The molecule has 0 fully saturated rings. The first-order valence-corrected chi connectivity index (χ1v) is 7.50. The lowest BCUT2D eigenvalue weighted by Crippen LogP contribution is -2.24. The molecule has 2 aromatic rings. The van der Waals surface area contributed by atoms with Crippen LogP contribution in [0.15, 0.2) is 28.5 Å². The number of anilines is 1. The molecule has 2 aromatic heterocycles. The lowest BCUT2D eigenvalue weighted by molar-refractivity contribution is 0.543. The molecule has 0 atom stereocenters. The molecule has 0 aliphatic rings. The third-order valence-electron chi connectivity index (χ3n) is 2.74.